The van der Waals surface area contributed by atoms with E-state index in [1.807, 2.05) is 0 Å². The molecule has 108 valence electrons. The van der Waals surface area contributed by atoms with Gasteiger partial charge in [-0.1, -0.05) is 19.8 Å². The van der Waals surface area contributed by atoms with Crippen molar-refractivity contribution in [3.8, 4) is 0 Å². The number of nitrogens with two attached hydrogens (primary N) is 1. The highest BCUT2D eigenvalue weighted by atomic mass is 32.2. The van der Waals surface area contributed by atoms with Crippen LogP contribution < -0.4 is 10.5 Å². The van der Waals surface area contributed by atoms with Gasteiger partial charge >= 0.3 is 0 Å². The Labute approximate surface area is 114 Å². The summed E-state index contributed by atoms with van der Waals surface area (Å²) in [7, 11) is -3.53. The number of nitrogens with one attached hydrogen (secondary N) is 2. The van der Waals surface area contributed by atoms with E-state index in [0.29, 0.717) is 29.8 Å². The highest BCUT2D eigenvalue weighted by Crippen LogP contribution is 2.30. The third-order valence-electron chi connectivity index (χ3n) is 4.00. The van der Waals surface area contributed by atoms with E-state index in [1.54, 1.807) is 6.92 Å². The van der Waals surface area contributed by atoms with Gasteiger partial charge < -0.3 is 5.73 Å². The van der Waals surface area contributed by atoms with E-state index in [9.17, 15) is 8.42 Å². The molecular formula is C12H22N4O2S. The van der Waals surface area contributed by atoms with Gasteiger partial charge in [0.25, 0.3) is 0 Å². The number of H-pyrrole nitrogens is 1. The summed E-state index contributed by atoms with van der Waals surface area (Å²) in [6.45, 7) is 4.48. The topological polar surface area (TPSA) is 101 Å². The van der Waals surface area contributed by atoms with E-state index in [-0.39, 0.29) is 11.4 Å². The van der Waals surface area contributed by atoms with Crippen molar-refractivity contribution >= 4 is 10.0 Å². The molecule has 1 heterocycles. The van der Waals surface area contributed by atoms with Crippen molar-refractivity contribution in [3.05, 3.63) is 11.4 Å². The number of sulfonamides is 1. The normalized spacial score (nSPS) is 23.9. The molecule has 1 aromatic rings. The Kier molecular flexibility index (Phi) is 4.27. The number of hydrogen-bond donors (Lipinski definition) is 3. The predicted molar refractivity (Wildman–Crippen MR) is 72.9 cm³/mol. The first-order valence-electron chi connectivity index (χ1n) is 6.69. The van der Waals surface area contributed by atoms with E-state index in [1.165, 1.54) is 12.8 Å². The molecule has 2 unspecified atom stereocenters. The lowest BCUT2D eigenvalue weighted by Gasteiger charge is -2.16. The third kappa shape index (κ3) is 2.98. The average molecular weight is 286 g/mol. The van der Waals surface area contributed by atoms with Gasteiger partial charge in [-0.3, -0.25) is 5.10 Å². The average Bonchev–Trinajstić information content (AvgIpc) is 2.93. The highest BCUT2D eigenvalue weighted by Gasteiger charge is 2.28. The molecular weight excluding hydrogens is 264 g/mol. The summed E-state index contributed by atoms with van der Waals surface area (Å²) in [5, 5.41) is 6.61. The number of hydrogen-bond acceptors (Lipinski definition) is 4. The minimum atomic E-state index is -3.53. The van der Waals surface area contributed by atoms with Gasteiger partial charge in [0.1, 0.15) is 4.90 Å². The largest absolute Gasteiger partial charge is 0.325 e. The van der Waals surface area contributed by atoms with Crippen LogP contribution in [-0.4, -0.2) is 25.2 Å². The fourth-order valence-corrected chi connectivity index (χ4v) is 4.24. The van der Waals surface area contributed by atoms with Crippen LogP contribution in [0.15, 0.2) is 4.90 Å². The van der Waals surface area contributed by atoms with Gasteiger partial charge in [0.2, 0.25) is 10.0 Å². The molecule has 2 rings (SSSR count). The van der Waals surface area contributed by atoms with Gasteiger partial charge in [0.15, 0.2) is 0 Å². The van der Waals surface area contributed by atoms with Gasteiger partial charge in [0.05, 0.1) is 11.4 Å². The summed E-state index contributed by atoms with van der Waals surface area (Å²) in [5.74, 6) is 1.02. The van der Waals surface area contributed by atoms with Crippen LogP contribution in [-0.2, 0) is 16.6 Å². The van der Waals surface area contributed by atoms with Gasteiger partial charge in [-0.2, -0.15) is 5.10 Å². The standard InChI is InChI=1S/C12H22N4O2S/c1-8-4-3-5-10(8)7-14-19(17,18)12-9(2)15-16-11(12)6-13/h8,10,14H,3-7,13H2,1-2H3,(H,15,16). The van der Waals surface area contributed by atoms with E-state index >= 15 is 0 Å². The molecule has 1 aliphatic rings. The summed E-state index contributed by atoms with van der Waals surface area (Å²) in [6, 6.07) is 0. The van der Waals surface area contributed by atoms with Crippen LogP contribution in [0.5, 0.6) is 0 Å². The first-order valence-corrected chi connectivity index (χ1v) is 8.17. The SMILES string of the molecule is Cc1[nH]nc(CN)c1S(=O)(=O)NCC1CCCC1C. The van der Waals surface area contributed by atoms with Gasteiger partial charge in [-0.05, 0) is 25.2 Å². The Morgan fingerprint density at radius 2 is 2.21 bits per heavy atom. The fourth-order valence-electron chi connectivity index (χ4n) is 2.78. The number of aromatic nitrogens is 2. The number of nitrogens with zero attached hydrogens (tertiary/aromatic N) is 1. The molecule has 4 N–H and O–H groups in total. The molecule has 6 nitrogen and oxygen atoms in total. The number of aryl methyl sites for hydroxylation is 1. The molecule has 0 amide bonds. The minimum absolute atomic E-state index is 0.112. The van der Waals surface area contributed by atoms with E-state index in [0.717, 1.165) is 6.42 Å². The quantitative estimate of drug-likeness (QED) is 0.748. The second-order valence-electron chi connectivity index (χ2n) is 5.35. The van der Waals surface area contributed by atoms with Gasteiger partial charge in [-0.25, -0.2) is 13.1 Å². The van der Waals surface area contributed by atoms with Gasteiger partial charge in [0, 0.05) is 13.1 Å². The lowest BCUT2D eigenvalue weighted by Crippen LogP contribution is -2.31. The first-order chi connectivity index (χ1) is 8.95. The monoisotopic (exact) mass is 286 g/mol. The molecule has 2 atom stereocenters. The molecule has 0 aromatic carbocycles. The maximum atomic E-state index is 12.3. The van der Waals surface area contributed by atoms with Crippen molar-refractivity contribution in [2.45, 2.75) is 44.6 Å². The van der Waals surface area contributed by atoms with Crippen LogP contribution >= 0.6 is 0 Å². The maximum absolute atomic E-state index is 12.3. The smallest absolute Gasteiger partial charge is 0.244 e. The molecule has 1 saturated carbocycles. The molecule has 1 aromatic heterocycles. The van der Waals surface area contributed by atoms with E-state index in [4.69, 9.17) is 5.73 Å². The van der Waals surface area contributed by atoms with E-state index < -0.39 is 10.0 Å². The molecule has 0 aliphatic heterocycles. The molecule has 0 bridgehead atoms. The third-order valence-corrected chi connectivity index (χ3v) is 5.62. The second-order valence-corrected chi connectivity index (χ2v) is 7.05. The molecule has 19 heavy (non-hydrogen) atoms. The van der Waals surface area contributed by atoms with Crippen molar-refractivity contribution in [2.75, 3.05) is 6.54 Å². The summed E-state index contributed by atoms with van der Waals surface area (Å²) in [4.78, 5) is 0.209. The lowest BCUT2D eigenvalue weighted by molar-refractivity contribution is 0.414. The molecule has 1 fully saturated rings. The number of rotatable bonds is 5. The Balaban J connectivity index is 2.12. The van der Waals surface area contributed by atoms with Gasteiger partial charge in [-0.15, -0.1) is 0 Å². The van der Waals surface area contributed by atoms with Crippen LogP contribution in [0, 0.1) is 18.8 Å². The lowest BCUT2D eigenvalue weighted by atomic mass is 9.99. The zero-order valence-corrected chi connectivity index (χ0v) is 12.3. The second kappa shape index (κ2) is 5.60. The zero-order valence-electron chi connectivity index (χ0n) is 11.4. The van der Waals surface area contributed by atoms with Crippen LogP contribution in [0.3, 0.4) is 0 Å². The summed E-state index contributed by atoms with van der Waals surface area (Å²) < 4.78 is 27.4. The number of aromatic amines is 1. The van der Waals surface area contributed by atoms with Crippen LogP contribution in [0.1, 0.15) is 37.6 Å². The summed E-state index contributed by atoms with van der Waals surface area (Å²) in [6.07, 6.45) is 3.47. The van der Waals surface area contributed by atoms with Crippen molar-refractivity contribution < 1.29 is 8.42 Å². The summed E-state index contributed by atoms with van der Waals surface area (Å²) in [5.41, 5.74) is 6.45. The molecule has 1 aliphatic carbocycles. The Hall–Kier alpha value is -0.920. The Morgan fingerprint density at radius 3 is 2.79 bits per heavy atom. The summed E-state index contributed by atoms with van der Waals surface area (Å²) >= 11 is 0. The van der Waals surface area contributed by atoms with Crippen molar-refractivity contribution in [2.24, 2.45) is 17.6 Å². The molecule has 0 radical (unpaired) electrons. The van der Waals surface area contributed by atoms with Crippen LogP contribution in [0.4, 0.5) is 0 Å². The fraction of sp³-hybridized carbons (Fsp3) is 0.750. The Morgan fingerprint density at radius 1 is 1.47 bits per heavy atom. The van der Waals surface area contributed by atoms with Crippen LogP contribution in [0.25, 0.3) is 0 Å². The zero-order chi connectivity index (χ0) is 14.0. The van der Waals surface area contributed by atoms with Crippen molar-refractivity contribution in [1.82, 2.24) is 14.9 Å². The van der Waals surface area contributed by atoms with Crippen molar-refractivity contribution in [3.63, 3.8) is 0 Å². The highest BCUT2D eigenvalue weighted by molar-refractivity contribution is 7.89. The Bertz CT molecular complexity index is 538. The first kappa shape index (κ1) is 14.5. The van der Waals surface area contributed by atoms with Crippen molar-refractivity contribution in [1.29, 1.82) is 0 Å². The molecule has 7 heteroatoms. The molecule has 0 spiro atoms. The van der Waals surface area contributed by atoms with E-state index in [2.05, 4.69) is 21.8 Å². The minimum Gasteiger partial charge on any atom is -0.325 e. The molecule has 0 saturated heterocycles. The predicted octanol–water partition coefficient (Wildman–Crippen LogP) is 0.891. The maximum Gasteiger partial charge on any atom is 0.244 e. The van der Waals surface area contributed by atoms with Crippen LogP contribution in [0.2, 0.25) is 0 Å².